The van der Waals surface area contributed by atoms with Crippen LogP contribution in [-0.4, -0.2) is 4.98 Å². The Balaban J connectivity index is 3.42. The number of hydrogen-bond donors (Lipinski definition) is 0. The molecule has 2 nitrogen and oxygen atoms in total. The Hall–Kier alpha value is -0.700. The Kier molecular flexibility index (Phi) is 1.95. The molecule has 0 atom stereocenters. The van der Waals surface area contributed by atoms with Crippen LogP contribution in [-0.2, 0) is 0 Å². The molecule has 0 saturated heterocycles. The first-order chi connectivity index (χ1) is 4.30. The van der Waals surface area contributed by atoms with E-state index in [1.54, 1.807) is 18.2 Å². The van der Waals surface area contributed by atoms with E-state index in [1.807, 2.05) is 0 Å². The highest BCUT2D eigenvalue weighted by molar-refractivity contribution is 9.10. The lowest BCUT2D eigenvalue weighted by molar-refractivity contribution is 1.25. The van der Waals surface area contributed by atoms with Gasteiger partial charge in [0.05, 0.1) is 4.47 Å². The van der Waals surface area contributed by atoms with E-state index in [9.17, 15) is 4.79 Å². The molecule has 0 bridgehead atoms. The molecule has 9 heavy (non-hydrogen) atoms. The first-order valence-corrected chi connectivity index (χ1v) is 3.21. The Labute approximate surface area is 60.7 Å². The smallest absolute Gasteiger partial charge is 0.266 e. The zero-order valence-electron chi connectivity index (χ0n) is 4.54. The Morgan fingerprint density at radius 2 is 2.22 bits per heavy atom. The lowest BCUT2D eigenvalue weighted by atomic mass is 10.5. The zero-order chi connectivity index (χ0) is 6.69. The molecule has 0 spiro atoms. The van der Waals surface area contributed by atoms with Crippen LogP contribution in [0.5, 0.6) is 0 Å². The minimum Gasteiger partial charge on any atom is -0.266 e. The van der Waals surface area contributed by atoms with Gasteiger partial charge in [-0.15, -0.1) is 0 Å². The van der Waals surface area contributed by atoms with Crippen molar-refractivity contribution >= 4 is 15.9 Å². The highest BCUT2D eigenvalue weighted by Gasteiger charge is 1.86. The van der Waals surface area contributed by atoms with Gasteiger partial charge in [0.1, 0.15) is 0 Å². The van der Waals surface area contributed by atoms with E-state index < -0.39 is 0 Å². The number of nitrogens with zero attached hydrogens (tertiary/aromatic N) is 1. The van der Waals surface area contributed by atoms with Crippen molar-refractivity contribution < 1.29 is 0 Å². The van der Waals surface area contributed by atoms with Crippen LogP contribution < -0.4 is 5.56 Å². The van der Waals surface area contributed by atoms with Gasteiger partial charge in [-0.3, -0.25) is 4.79 Å². The lowest BCUT2D eigenvalue weighted by Gasteiger charge is -1.70. The SMILES string of the molecule is O=c1nccccc1Br. The van der Waals surface area contributed by atoms with Gasteiger partial charge in [0.2, 0.25) is 0 Å². The summed E-state index contributed by atoms with van der Waals surface area (Å²) in [4.78, 5) is 14.2. The van der Waals surface area contributed by atoms with Gasteiger partial charge in [0.25, 0.3) is 5.56 Å². The van der Waals surface area contributed by atoms with Crippen LogP contribution in [0.2, 0.25) is 0 Å². The number of halogens is 1. The Morgan fingerprint density at radius 1 is 1.44 bits per heavy atom. The summed E-state index contributed by atoms with van der Waals surface area (Å²) in [5, 5.41) is 0. The van der Waals surface area contributed by atoms with Crippen molar-refractivity contribution in [1.82, 2.24) is 4.98 Å². The van der Waals surface area contributed by atoms with Crippen LogP contribution in [0, 0.1) is 0 Å². The van der Waals surface area contributed by atoms with Crippen molar-refractivity contribution in [2.24, 2.45) is 0 Å². The van der Waals surface area contributed by atoms with Crippen LogP contribution in [0.15, 0.2) is 33.7 Å². The van der Waals surface area contributed by atoms with Crippen LogP contribution in [0.4, 0.5) is 0 Å². The Morgan fingerprint density at radius 3 is 3.00 bits per heavy atom. The molecule has 1 heterocycles. The molecule has 3 heteroatoms. The normalized spacial score (nSPS) is 9.00. The van der Waals surface area contributed by atoms with Crippen molar-refractivity contribution in [3.05, 3.63) is 39.2 Å². The third kappa shape index (κ3) is 1.61. The first-order valence-electron chi connectivity index (χ1n) is 2.41. The molecule has 0 aliphatic heterocycles. The summed E-state index contributed by atoms with van der Waals surface area (Å²) in [6, 6.07) is 5.11. The van der Waals surface area contributed by atoms with Crippen molar-refractivity contribution in [1.29, 1.82) is 0 Å². The molecule has 0 aliphatic carbocycles. The number of aromatic nitrogens is 1. The predicted molar refractivity (Wildman–Crippen MR) is 38.2 cm³/mol. The molecule has 0 fully saturated rings. The molecule has 0 unspecified atom stereocenters. The van der Waals surface area contributed by atoms with Gasteiger partial charge in [-0.05, 0) is 28.1 Å². The van der Waals surface area contributed by atoms with Gasteiger partial charge < -0.3 is 0 Å². The molecule has 1 aromatic rings. The summed E-state index contributed by atoms with van der Waals surface area (Å²) >= 11 is 3.05. The first kappa shape index (κ1) is 6.42. The fourth-order valence-corrected chi connectivity index (χ4v) is 0.688. The average molecular weight is 186 g/mol. The van der Waals surface area contributed by atoms with Gasteiger partial charge >= 0.3 is 0 Å². The van der Waals surface area contributed by atoms with E-state index >= 15 is 0 Å². The van der Waals surface area contributed by atoms with E-state index in [4.69, 9.17) is 0 Å². The molecule has 0 N–H and O–H groups in total. The third-order valence-corrected chi connectivity index (χ3v) is 1.44. The van der Waals surface area contributed by atoms with E-state index in [0.717, 1.165) is 0 Å². The second-order valence-electron chi connectivity index (χ2n) is 1.48. The fourth-order valence-electron chi connectivity index (χ4n) is 0.433. The van der Waals surface area contributed by atoms with E-state index in [-0.39, 0.29) is 5.56 Å². The summed E-state index contributed by atoms with van der Waals surface area (Å²) in [5.41, 5.74) is -0.236. The second kappa shape index (κ2) is 2.73. The molecule has 0 aromatic carbocycles. The maximum Gasteiger partial charge on any atom is 0.283 e. The highest BCUT2D eigenvalue weighted by atomic mass is 79.9. The number of hydrogen-bond acceptors (Lipinski definition) is 2. The van der Waals surface area contributed by atoms with Crippen LogP contribution in [0.25, 0.3) is 0 Å². The average Bonchev–Trinajstić information content (AvgIpc) is 1.99. The van der Waals surface area contributed by atoms with E-state index in [0.29, 0.717) is 4.47 Å². The molecule has 1 aromatic heterocycles. The van der Waals surface area contributed by atoms with Gasteiger partial charge in [-0.2, -0.15) is 0 Å². The third-order valence-electron chi connectivity index (χ3n) is 0.836. The van der Waals surface area contributed by atoms with Gasteiger partial charge in [-0.1, -0.05) is 6.07 Å². The summed E-state index contributed by atoms with van der Waals surface area (Å²) in [7, 11) is 0. The maximum absolute atomic E-state index is 10.7. The quantitative estimate of drug-likeness (QED) is 0.609. The predicted octanol–water partition coefficient (Wildman–Crippen LogP) is 1.20. The molecule has 46 valence electrons. The maximum atomic E-state index is 10.7. The minimum absolute atomic E-state index is 0.236. The number of rotatable bonds is 0. The topological polar surface area (TPSA) is 30.0 Å². The van der Waals surface area contributed by atoms with Crippen molar-refractivity contribution in [3.63, 3.8) is 0 Å². The largest absolute Gasteiger partial charge is 0.283 e. The fraction of sp³-hybridized carbons (Fsp3) is 0. The van der Waals surface area contributed by atoms with Gasteiger partial charge in [0, 0.05) is 6.20 Å². The minimum atomic E-state index is -0.236. The summed E-state index contributed by atoms with van der Waals surface area (Å²) < 4.78 is 0.493. The van der Waals surface area contributed by atoms with Crippen molar-refractivity contribution in [2.75, 3.05) is 0 Å². The van der Waals surface area contributed by atoms with Crippen molar-refractivity contribution in [3.8, 4) is 0 Å². The standard InChI is InChI=1S/C6H4BrNO/c7-5-3-1-2-4-8-6(5)9/h1-4H. The van der Waals surface area contributed by atoms with Crippen LogP contribution in [0.1, 0.15) is 0 Å². The zero-order valence-corrected chi connectivity index (χ0v) is 6.13. The molecule has 0 aliphatic rings. The van der Waals surface area contributed by atoms with Crippen LogP contribution >= 0.6 is 15.9 Å². The molecular formula is C6H4BrNO. The van der Waals surface area contributed by atoms with E-state index in [1.165, 1.54) is 6.20 Å². The molecule has 0 radical (unpaired) electrons. The van der Waals surface area contributed by atoms with Crippen LogP contribution in [0.3, 0.4) is 0 Å². The lowest BCUT2D eigenvalue weighted by Crippen LogP contribution is -2.00. The van der Waals surface area contributed by atoms with Gasteiger partial charge in [0.15, 0.2) is 0 Å². The monoisotopic (exact) mass is 185 g/mol. The van der Waals surface area contributed by atoms with E-state index in [2.05, 4.69) is 20.9 Å². The molecule has 1 rings (SSSR count). The summed E-state index contributed by atoms with van der Waals surface area (Å²) in [6.45, 7) is 0. The molecule has 0 saturated carbocycles. The van der Waals surface area contributed by atoms with Gasteiger partial charge in [-0.25, -0.2) is 4.98 Å². The molecule has 0 amide bonds. The summed E-state index contributed by atoms with van der Waals surface area (Å²) in [5.74, 6) is 0. The molecular weight excluding hydrogens is 182 g/mol. The van der Waals surface area contributed by atoms with Crippen molar-refractivity contribution in [2.45, 2.75) is 0 Å². The Bertz CT molecular complexity index is 261. The summed E-state index contributed by atoms with van der Waals surface area (Å²) in [6.07, 6.45) is 1.47. The highest BCUT2D eigenvalue weighted by Crippen LogP contribution is 1.96. The second-order valence-corrected chi connectivity index (χ2v) is 2.34.